The van der Waals surface area contributed by atoms with Gasteiger partial charge >= 0.3 is 6.61 Å². The van der Waals surface area contributed by atoms with E-state index >= 15 is 0 Å². The van der Waals surface area contributed by atoms with Crippen molar-refractivity contribution in [1.82, 2.24) is 0 Å². The lowest BCUT2D eigenvalue weighted by Gasteiger charge is -2.23. The summed E-state index contributed by atoms with van der Waals surface area (Å²) >= 11 is 0. The molecule has 0 spiro atoms. The molecule has 6 heteroatoms. The van der Waals surface area contributed by atoms with E-state index in [1.54, 1.807) is 4.90 Å². The van der Waals surface area contributed by atoms with Crippen molar-refractivity contribution in [1.29, 1.82) is 0 Å². The van der Waals surface area contributed by atoms with Crippen LogP contribution in [-0.2, 0) is 6.42 Å². The monoisotopic (exact) mass is 333 g/mol. The molecule has 0 radical (unpaired) electrons. The van der Waals surface area contributed by atoms with E-state index in [2.05, 4.69) is 4.74 Å². The molecule has 2 aromatic rings. The van der Waals surface area contributed by atoms with E-state index in [-0.39, 0.29) is 23.4 Å². The normalized spacial score (nSPS) is 16.2. The van der Waals surface area contributed by atoms with Crippen molar-refractivity contribution in [3.05, 3.63) is 53.6 Å². The molecule has 0 saturated carbocycles. The van der Waals surface area contributed by atoms with Crippen LogP contribution in [0.5, 0.6) is 11.5 Å². The van der Waals surface area contributed by atoms with Gasteiger partial charge in [0.1, 0.15) is 0 Å². The fraction of sp³-hybridized carbons (Fsp3) is 0.278. The van der Waals surface area contributed by atoms with Gasteiger partial charge in [0.15, 0.2) is 11.5 Å². The maximum absolute atomic E-state index is 12.9. The van der Waals surface area contributed by atoms with Crippen LogP contribution in [0.1, 0.15) is 22.8 Å². The van der Waals surface area contributed by atoms with E-state index in [0.717, 1.165) is 17.7 Å². The number of amides is 1. The second-order valence-corrected chi connectivity index (χ2v) is 5.60. The van der Waals surface area contributed by atoms with Gasteiger partial charge in [-0.2, -0.15) is 8.78 Å². The average Bonchev–Trinajstić information content (AvgIpc) is 2.89. The molecule has 24 heavy (non-hydrogen) atoms. The van der Waals surface area contributed by atoms with Crippen molar-refractivity contribution in [2.45, 2.75) is 26.0 Å². The van der Waals surface area contributed by atoms with Crippen LogP contribution in [0.2, 0.25) is 0 Å². The molecule has 1 heterocycles. The number of nitrogens with zero attached hydrogens (tertiary/aromatic N) is 1. The van der Waals surface area contributed by atoms with Crippen molar-refractivity contribution < 1.29 is 23.0 Å². The molecule has 2 aromatic carbocycles. The van der Waals surface area contributed by atoms with Crippen molar-refractivity contribution in [3.63, 3.8) is 0 Å². The molecule has 1 atom stereocenters. The summed E-state index contributed by atoms with van der Waals surface area (Å²) in [7, 11) is 1.34. The van der Waals surface area contributed by atoms with Gasteiger partial charge in [-0.05, 0) is 43.2 Å². The Morgan fingerprint density at radius 2 is 1.96 bits per heavy atom. The van der Waals surface area contributed by atoms with Gasteiger partial charge in [0.2, 0.25) is 0 Å². The van der Waals surface area contributed by atoms with Crippen molar-refractivity contribution in [2.75, 3.05) is 12.0 Å². The molecule has 4 nitrogen and oxygen atoms in total. The third kappa shape index (κ3) is 2.91. The highest BCUT2D eigenvalue weighted by atomic mass is 19.3. The Kier molecular flexibility index (Phi) is 4.38. The zero-order chi connectivity index (χ0) is 17.3. The molecule has 0 aliphatic carbocycles. The molecule has 0 saturated heterocycles. The number of carbonyl (C=O) groups is 1. The average molecular weight is 333 g/mol. The van der Waals surface area contributed by atoms with Crippen molar-refractivity contribution >= 4 is 11.6 Å². The molecular formula is C18H17F2NO3. The number of anilines is 1. The van der Waals surface area contributed by atoms with Crippen molar-refractivity contribution in [2.24, 2.45) is 0 Å². The highest BCUT2D eigenvalue weighted by molar-refractivity contribution is 6.08. The number of hydrogen-bond donors (Lipinski definition) is 0. The quantitative estimate of drug-likeness (QED) is 0.852. The summed E-state index contributed by atoms with van der Waals surface area (Å²) in [5, 5.41) is 0. The molecule has 0 fully saturated rings. The Hall–Kier alpha value is -2.63. The molecule has 1 aliphatic heterocycles. The molecule has 0 aromatic heterocycles. The fourth-order valence-corrected chi connectivity index (χ4v) is 3.01. The van der Waals surface area contributed by atoms with Gasteiger partial charge < -0.3 is 14.4 Å². The summed E-state index contributed by atoms with van der Waals surface area (Å²) in [5.74, 6) is -0.199. The van der Waals surface area contributed by atoms with Crippen LogP contribution in [0.4, 0.5) is 14.5 Å². The predicted molar refractivity (Wildman–Crippen MR) is 86.0 cm³/mol. The minimum Gasteiger partial charge on any atom is -0.493 e. The lowest BCUT2D eigenvalue weighted by Crippen LogP contribution is -2.35. The third-order valence-electron chi connectivity index (χ3n) is 4.05. The largest absolute Gasteiger partial charge is 0.493 e. The standard InChI is InChI=1S/C18H17F2NO3/c1-11-9-12-5-3-4-6-14(12)21(11)17(22)13-7-8-15(24-18(19)20)16(10-13)23-2/h3-8,10-11,18H,9H2,1-2H3/t11-/m1/s1. The number of halogens is 2. The Morgan fingerprint density at radius 3 is 2.67 bits per heavy atom. The van der Waals surface area contributed by atoms with Crippen LogP contribution < -0.4 is 14.4 Å². The predicted octanol–water partition coefficient (Wildman–Crippen LogP) is 3.89. The van der Waals surface area contributed by atoms with E-state index in [1.807, 2.05) is 31.2 Å². The van der Waals surface area contributed by atoms with Gasteiger partial charge in [-0.3, -0.25) is 4.79 Å². The fourth-order valence-electron chi connectivity index (χ4n) is 3.01. The Bertz CT molecular complexity index is 764. The third-order valence-corrected chi connectivity index (χ3v) is 4.05. The lowest BCUT2D eigenvalue weighted by atomic mass is 10.1. The van der Waals surface area contributed by atoms with Gasteiger partial charge in [-0.1, -0.05) is 18.2 Å². The van der Waals surface area contributed by atoms with Crippen LogP contribution in [0.15, 0.2) is 42.5 Å². The van der Waals surface area contributed by atoms with Crippen LogP contribution in [0.3, 0.4) is 0 Å². The van der Waals surface area contributed by atoms with E-state index in [1.165, 1.54) is 25.3 Å². The van der Waals surface area contributed by atoms with E-state index < -0.39 is 6.61 Å². The van der Waals surface area contributed by atoms with Gasteiger partial charge in [0, 0.05) is 17.3 Å². The number of fused-ring (bicyclic) bond motifs is 1. The number of ether oxygens (including phenoxy) is 2. The van der Waals surface area contributed by atoms with Gasteiger partial charge in [-0.25, -0.2) is 0 Å². The second kappa shape index (κ2) is 6.47. The zero-order valence-corrected chi connectivity index (χ0v) is 13.3. The van der Waals surface area contributed by atoms with Gasteiger partial charge in [0.25, 0.3) is 5.91 Å². The Balaban J connectivity index is 1.93. The lowest BCUT2D eigenvalue weighted by molar-refractivity contribution is -0.0512. The van der Waals surface area contributed by atoms with E-state index in [4.69, 9.17) is 4.74 Å². The topological polar surface area (TPSA) is 38.8 Å². The first kappa shape index (κ1) is 16.2. The summed E-state index contributed by atoms with van der Waals surface area (Å²) in [5.41, 5.74) is 2.35. The number of benzene rings is 2. The second-order valence-electron chi connectivity index (χ2n) is 5.60. The first-order valence-corrected chi connectivity index (χ1v) is 7.55. The number of rotatable bonds is 4. The minimum atomic E-state index is -2.95. The number of alkyl halides is 2. The summed E-state index contributed by atoms with van der Waals surface area (Å²) in [6.45, 7) is -0.977. The maximum atomic E-state index is 12.9. The molecule has 1 amide bonds. The molecule has 0 bridgehead atoms. The molecule has 3 rings (SSSR count). The zero-order valence-electron chi connectivity index (χ0n) is 13.3. The number of para-hydroxylation sites is 1. The highest BCUT2D eigenvalue weighted by Gasteiger charge is 2.31. The van der Waals surface area contributed by atoms with Crippen molar-refractivity contribution in [3.8, 4) is 11.5 Å². The van der Waals surface area contributed by atoms with Crippen LogP contribution in [0.25, 0.3) is 0 Å². The maximum Gasteiger partial charge on any atom is 0.387 e. The summed E-state index contributed by atoms with van der Waals surface area (Å²) in [6, 6.07) is 12.0. The highest BCUT2D eigenvalue weighted by Crippen LogP contribution is 2.35. The first-order chi connectivity index (χ1) is 11.5. The molecule has 0 unspecified atom stereocenters. The van der Waals surface area contributed by atoms with E-state index in [9.17, 15) is 13.6 Å². The Morgan fingerprint density at radius 1 is 1.21 bits per heavy atom. The summed E-state index contributed by atoms with van der Waals surface area (Å²) in [6.07, 6.45) is 0.783. The number of hydrogen-bond acceptors (Lipinski definition) is 3. The molecular weight excluding hydrogens is 316 g/mol. The van der Waals surface area contributed by atoms with Gasteiger partial charge in [0.05, 0.1) is 7.11 Å². The van der Waals surface area contributed by atoms with Crippen LogP contribution in [-0.4, -0.2) is 25.7 Å². The smallest absolute Gasteiger partial charge is 0.387 e. The van der Waals surface area contributed by atoms with Gasteiger partial charge in [-0.15, -0.1) is 0 Å². The minimum absolute atomic E-state index is 0.0258. The summed E-state index contributed by atoms with van der Waals surface area (Å²) in [4.78, 5) is 14.6. The SMILES string of the molecule is COc1cc(C(=O)N2c3ccccc3C[C@H]2C)ccc1OC(F)F. The first-order valence-electron chi connectivity index (χ1n) is 7.55. The number of carbonyl (C=O) groups excluding carboxylic acids is 1. The summed E-state index contributed by atoms with van der Waals surface area (Å²) < 4.78 is 34.3. The number of methoxy groups -OCH3 is 1. The van der Waals surface area contributed by atoms with E-state index in [0.29, 0.717) is 5.56 Å². The van der Waals surface area contributed by atoms with Crippen LogP contribution >= 0.6 is 0 Å². The molecule has 126 valence electrons. The van der Waals surface area contributed by atoms with Crippen LogP contribution in [0, 0.1) is 0 Å². The Labute approximate surface area is 138 Å². The molecule has 1 aliphatic rings. The molecule has 0 N–H and O–H groups in total.